The monoisotopic (exact) mass is 575 g/mol. The van der Waals surface area contributed by atoms with Crippen molar-refractivity contribution in [2.75, 3.05) is 32.1 Å². The van der Waals surface area contributed by atoms with Gasteiger partial charge in [0.15, 0.2) is 11.7 Å². The molecule has 1 aromatic heterocycles. The number of nitrogens with zero attached hydrogens (tertiary/aromatic N) is 3. The first kappa shape index (κ1) is 24.8. The Hall–Kier alpha value is -1.47. The van der Waals surface area contributed by atoms with Crippen molar-refractivity contribution in [3.63, 3.8) is 0 Å². The summed E-state index contributed by atoms with van der Waals surface area (Å²) in [6.45, 7) is 1.69. The smallest absolute Gasteiger partial charge is 0.434 e. The largest absolute Gasteiger partial charge is 0.495 e. The summed E-state index contributed by atoms with van der Waals surface area (Å²) in [6, 6.07) is 5.61. The fourth-order valence-corrected chi connectivity index (χ4v) is 3.98. The number of nitrogens with one attached hydrogen (secondary N) is 2. The van der Waals surface area contributed by atoms with Crippen molar-refractivity contribution in [3.05, 3.63) is 39.3 Å². The molecule has 1 saturated heterocycles. The molecule has 6 nitrogen and oxygen atoms in total. The Morgan fingerprint density at radius 2 is 2.20 bits per heavy atom. The summed E-state index contributed by atoms with van der Waals surface area (Å²) in [5.41, 5.74) is 0.0545. The number of ether oxygens (including phenoxy) is 1. The van der Waals surface area contributed by atoms with Crippen molar-refractivity contribution < 1.29 is 17.9 Å². The number of halogens is 5. The summed E-state index contributed by atoms with van der Waals surface area (Å²) in [6.07, 6.45) is -3.56. The number of hydrogen-bond donors (Lipinski definition) is 2. The van der Waals surface area contributed by atoms with E-state index in [-0.39, 0.29) is 36.6 Å². The van der Waals surface area contributed by atoms with Crippen LogP contribution in [0, 0.1) is 0 Å². The third kappa shape index (κ3) is 6.27. The van der Waals surface area contributed by atoms with Crippen LogP contribution in [-0.4, -0.2) is 44.2 Å². The highest BCUT2D eigenvalue weighted by molar-refractivity contribution is 14.0. The van der Waals surface area contributed by atoms with Gasteiger partial charge in [0.2, 0.25) is 0 Å². The van der Waals surface area contributed by atoms with Crippen molar-refractivity contribution in [1.29, 1.82) is 0 Å². The Kier molecular flexibility index (Phi) is 8.85. The molecule has 0 amide bonds. The first-order chi connectivity index (χ1) is 13.8. The van der Waals surface area contributed by atoms with Crippen LogP contribution in [0.4, 0.5) is 18.9 Å². The molecule has 30 heavy (non-hydrogen) atoms. The Morgan fingerprint density at radius 1 is 1.43 bits per heavy atom. The SMILES string of the molecule is CN=C(NCc1nc(C(F)(F)F)cs1)NC1CCN(c2cc(Cl)ccc2OC)C1.I. The molecule has 3 rings (SSSR count). The molecular weight excluding hydrogens is 554 g/mol. The van der Waals surface area contributed by atoms with Crippen LogP contribution in [0.5, 0.6) is 5.75 Å². The van der Waals surface area contributed by atoms with Gasteiger partial charge in [-0.25, -0.2) is 4.98 Å². The zero-order valence-electron chi connectivity index (χ0n) is 16.3. The Labute approximate surface area is 198 Å². The van der Waals surface area contributed by atoms with Crippen LogP contribution in [0.3, 0.4) is 0 Å². The number of benzene rings is 1. The average Bonchev–Trinajstić information content (AvgIpc) is 3.34. The Morgan fingerprint density at radius 3 is 2.83 bits per heavy atom. The van der Waals surface area contributed by atoms with E-state index in [0.29, 0.717) is 22.5 Å². The quantitative estimate of drug-likeness (QED) is 0.315. The highest BCUT2D eigenvalue weighted by Crippen LogP contribution is 2.33. The van der Waals surface area contributed by atoms with Gasteiger partial charge >= 0.3 is 6.18 Å². The molecule has 0 saturated carbocycles. The van der Waals surface area contributed by atoms with E-state index < -0.39 is 11.9 Å². The molecule has 0 radical (unpaired) electrons. The molecule has 166 valence electrons. The van der Waals surface area contributed by atoms with Gasteiger partial charge in [-0.1, -0.05) is 11.6 Å². The van der Waals surface area contributed by atoms with Crippen LogP contribution < -0.4 is 20.3 Å². The summed E-state index contributed by atoms with van der Waals surface area (Å²) in [7, 11) is 3.23. The minimum Gasteiger partial charge on any atom is -0.495 e. The topological polar surface area (TPSA) is 61.8 Å². The lowest BCUT2D eigenvalue weighted by molar-refractivity contribution is -0.140. The predicted molar refractivity (Wildman–Crippen MR) is 124 cm³/mol. The van der Waals surface area contributed by atoms with Gasteiger partial charge in [-0.2, -0.15) is 13.2 Å². The van der Waals surface area contributed by atoms with Crippen LogP contribution >= 0.6 is 46.9 Å². The average molecular weight is 576 g/mol. The zero-order chi connectivity index (χ0) is 21.0. The molecule has 1 unspecified atom stereocenters. The van der Waals surface area contributed by atoms with Crippen molar-refractivity contribution in [3.8, 4) is 5.75 Å². The van der Waals surface area contributed by atoms with Crippen LogP contribution in [-0.2, 0) is 12.7 Å². The van der Waals surface area contributed by atoms with E-state index in [1.807, 2.05) is 12.1 Å². The Balaban J connectivity index is 0.00000320. The predicted octanol–water partition coefficient (Wildman–Crippen LogP) is 4.39. The first-order valence-electron chi connectivity index (χ1n) is 8.87. The Bertz CT molecular complexity index is 880. The van der Waals surface area contributed by atoms with Crippen molar-refractivity contribution >= 4 is 58.6 Å². The highest BCUT2D eigenvalue weighted by Gasteiger charge is 2.33. The normalized spacial score (nSPS) is 16.9. The number of anilines is 1. The second-order valence-corrected chi connectivity index (χ2v) is 7.82. The van der Waals surface area contributed by atoms with Gasteiger partial charge in [-0.15, -0.1) is 35.3 Å². The van der Waals surface area contributed by atoms with Crippen molar-refractivity contribution in [1.82, 2.24) is 15.6 Å². The molecule has 1 aromatic carbocycles. The molecule has 2 heterocycles. The van der Waals surface area contributed by atoms with Crippen molar-refractivity contribution in [2.45, 2.75) is 25.2 Å². The minimum atomic E-state index is -4.43. The van der Waals surface area contributed by atoms with E-state index in [9.17, 15) is 13.2 Å². The van der Waals surface area contributed by atoms with E-state index >= 15 is 0 Å². The van der Waals surface area contributed by atoms with E-state index in [2.05, 4.69) is 25.5 Å². The number of thiazole rings is 1. The van der Waals surface area contributed by atoms with Gasteiger partial charge in [0.05, 0.1) is 19.3 Å². The van der Waals surface area contributed by atoms with Gasteiger partial charge < -0.3 is 20.3 Å². The van der Waals surface area contributed by atoms with Gasteiger partial charge in [0.1, 0.15) is 10.8 Å². The molecule has 0 bridgehead atoms. The molecule has 2 N–H and O–H groups in total. The van der Waals surface area contributed by atoms with E-state index in [1.54, 1.807) is 20.2 Å². The van der Waals surface area contributed by atoms with E-state index in [1.165, 1.54) is 0 Å². The summed E-state index contributed by atoms with van der Waals surface area (Å²) >= 11 is 7.09. The minimum absolute atomic E-state index is 0. The maximum atomic E-state index is 12.7. The number of alkyl halides is 3. The van der Waals surface area contributed by atoms with E-state index in [4.69, 9.17) is 16.3 Å². The third-order valence-electron chi connectivity index (χ3n) is 4.48. The molecule has 12 heteroatoms. The summed E-state index contributed by atoms with van der Waals surface area (Å²) < 4.78 is 43.4. The van der Waals surface area contributed by atoms with Gasteiger partial charge in [0.25, 0.3) is 0 Å². The van der Waals surface area contributed by atoms with Gasteiger partial charge in [0, 0.05) is 36.6 Å². The third-order valence-corrected chi connectivity index (χ3v) is 5.57. The fraction of sp³-hybridized carbons (Fsp3) is 0.444. The molecule has 0 spiro atoms. The van der Waals surface area contributed by atoms with E-state index in [0.717, 1.165) is 41.1 Å². The number of hydrogen-bond acceptors (Lipinski definition) is 5. The van der Waals surface area contributed by atoms with Gasteiger partial charge in [-0.3, -0.25) is 4.99 Å². The number of guanidine groups is 1. The maximum Gasteiger partial charge on any atom is 0.434 e. The van der Waals surface area contributed by atoms with Crippen LogP contribution in [0.15, 0.2) is 28.6 Å². The number of rotatable bonds is 5. The number of aliphatic imine (C=N–C) groups is 1. The lowest BCUT2D eigenvalue weighted by Crippen LogP contribution is -2.44. The molecule has 0 aliphatic carbocycles. The lowest BCUT2D eigenvalue weighted by Gasteiger charge is -2.22. The standard InChI is InChI=1S/C18H21ClF3N5OS.HI/c1-23-17(24-8-16-26-15(10-29-16)18(20,21)22)25-12-5-6-27(9-12)13-7-11(19)3-4-14(13)28-2;/h3-4,7,10,12H,5-6,8-9H2,1-2H3,(H2,23,24,25);1H. The molecule has 2 aromatic rings. The summed E-state index contributed by atoms with van der Waals surface area (Å²) in [4.78, 5) is 9.94. The maximum absolute atomic E-state index is 12.7. The summed E-state index contributed by atoms with van der Waals surface area (Å²) in [5.74, 6) is 1.26. The van der Waals surface area contributed by atoms with Crippen LogP contribution in [0.25, 0.3) is 0 Å². The fourth-order valence-electron chi connectivity index (χ4n) is 3.08. The second-order valence-electron chi connectivity index (χ2n) is 6.44. The summed E-state index contributed by atoms with van der Waals surface area (Å²) in [5, 5.41) is 8.32. The number of methoxy groups -OCH3 is 1. The molecule has 1 fully saturated rings. The van der Waals surface area contributed by atoms with Crippen LogP contribution in [0.1, 0.15) is 17.1 Å². The number of aromatic nitrogens is 1. The zero-order valence-corrected chi connectivity index (χ0v) is 20.2. The lowest BCUT2D eigenvalue weighted by atomic mass is 10.2. The second kappa shape index (κ2) is 10.7. The van der Waals surface area contributed by atoms with Crippen LogP contribution in [0.2, 0.25) is 5.02 Å². The molecule has 1 aliphatic heterocycles. The highest BCUT2D eigenvalue weighted by atomic mass is 127. The molecule has 1 atom stereocenters. The molecular formula is C18H22ClF3IN5OS. The molecule has 1 aliphatic rings. The first-order valence-corrected chi connectivity index (χ1v) is 10.1. The van der Waals surface area contributed by atoms with Gasteiger partial charge in [-0.05, 0) is 24.6 Å². The van der Waals surface area contributed by atoms with Crippen molar-refractivity contribution in [2.24, 2.45) is 4.99 Å².